The summed E-state index contributed by atoms with van der Waals surface area (Å²) in [5.74, 6) is 0.112. The molecule has 2 rings (SSSR count). The smallest absolute Gasteiger partial charge is 0.317 e. The van der Waals surface area contributed by atoms with Crippen molar-refractivity contribution in [3.05, 3.63) is 35.4 Å². The highest BCUT2D eigenvalue weighted by atomic mass is 16.5. The Bertz CT molecular complexity index is 480. The maximum absolute atomic E-state index is 11.5. The number of rotatable bonds is 1. The number of ether oxygens (including phenoxy) is 1. The number of aliphatic imine (C=N–C) groups is 1. The Balaban J connectivity index is 2.23. The van der Waals surface area contributed by atoms with Gasteiger partial charge in [0.1, 0.15) is 0 Å². The predicted octanol–water partition coefficient (Wildman–Crippen LogP) is 2.92. The molecule has 96 valence electrons. The van der Waals surface area contributed by atoms with Crippen molar-refractivity contribution < 1.29 is 9.53 Å². The van der Waals surface area contributed by atoms with Crippen molar-refractivity contribution in [2.45, 2.75) is 33.1 Å². The average Bonchev–Trinajstić information content (AvgIpc) is 2.32. The van der Waals surface area contributed by atoms with E-state index in [-0.39, 0.29) is 17.3 Å². The molecule has 3 nitrogen and oxygen atoms in total. The Morgan fingerprint density at radius 1 is 1.22 bits per heavy atom. The maximum atomic E-state index is 11.5. The standard InChI is InChI=1S/C15H19NO2/c1-10-9-16-13(18-14(10)17)11-5-7-12(8-6-11)15(2,3)4/h5-8,10H,9H2,1-4H3/t10-/m0/s1. The van der Waals surface area contributed by atoms with E-state index in [9.17, 15) is 4.79 Å². The van der Waals surface area contributed by atoms with Gasteiger partial charge in [0.15, 0.2) is 0 Å². The van der Waals surface area contributed by atoms with Gasteiger partial charge in [-0.1, -0.05) is 39.8 Å². The first-order valence-corrected chi connectivity index (χ1v) is 6.25. The van der Waals surface area contributed by atoms with E-state index in [4.69, 9.17) is 4.74 Å². The second kappa shape index (κ2) is 4.56. The van der Waals surface area contributed by atoms with Gasteiger partial charge in [-0.2, -0.15) is 0 Å². The summed E-state index contributed by atoms with van der Waals surface area (Å²) < 4.78 is 5.22. The van der Waals surface area contributed by atoms with Crippen molar-refractivity contribution in [1.82, 2.24) is 0 Å². The van der Waals surface area contributed by atoms with Crippen LogP contribution >= 0.6 is 0 Å². The van der Waals surface area contributed by atoms with Gasteiger partial charge in [0.05, 0.1) is 12.5 Å². The van der Waals surface area contributed by atoms with Gasteiger partial charge in [0.25, 0.3) is 0 Å². The molecule has 18 heavy (non-hydrogen) atoms. The molecule has 1 aromatic carbocycles. The third kappa shape index (κ3) is 2.61. The molecule has 1 aliphatic rings. The molecule has 0 amide bonds. The molecule has 1 aliphatic heterocycles. The minimum Gasteiger partial charge on any atom is -0.407 e. The summed E-state index contributed by atoms with van der Waals surface area (Å²) in [5.41, 5.74) is 2.24. The van der Waals surface area contributed by atoms with Crippen molar-refractivity contribution in [3.8, 4) is 0 Å². The number of benzene rings is 1. The van der Waals surface area contributed by atoms with Crippen LogP contribution in [0.5, 0.6) is 0 Å². The fourth-order valence-electron chi connectivity index (χ4n) is 1.79. The molecule has 0 bridgehead atoms. The van der Waals surface area contributed by atoms with Crippen LogP contribution < -0.4 is 0 Å². The van der Waals surface area contributed by atoms with Gasteiger partial charge in [0.2, 0.25) is 5.90 Å². The van der Waals surface area contributed by atoms with Crippen LogP contribution in [0.2, 0.25) is 0 Å². The molecule has 0 saturated carbocycles. The van der Waals surface area contributed by atoms with Crippen LogP contribution in [0.15, 0.2) is 29.3 Å². The topological polar surface area (TPSA) is 38.7 Å². The summed E-state index contributed by atoms with van der Waals surface area (Å²) in [6.07, 6.45) is 0. The third-order valence-corrected chi connectivity index (χ3v) is 3.11. The summed E-state index contributed by atoms with van der Waals surface area (Å²) in [5, 5.41) is 0. The van der Waals surface area contributed by atoms with Gasteiger partial charge < -0.3 is 4.74 Å². The number of hydrogen-bond acceptors (Lipinski definition) is 3. The van der Waals surface area contributed by atoms with Crippen molar-refractivity contribution >= 4 is 11.9 Å². The molecule has 0 aromatic heterocycles. The van der Waals surface area contributed by atoms with Crippen LogP contribution in [0, 0.1) is 5.92 Å². The first-order valence-electron chi connectivity index (χ1n) is 6.25. The van der Waals surface area contributed by atoms with Gasteiger partial charge in [-0.25, -0.2) is 4.99 Å². The monoisotopic (exact) mass is 245 g/mol. The number of nitrogens with zero attached hydrogens (tertiary/aromatic N) is 1. The quantitative estimate of drug-likeness (QED) is 0.713. The molecule has 0 N–H and O–H groups in total. The molecule has 1 heterocycles. The number of hydrogen-bond donors (Lipinski definition) is 0. The minimum atomic E-state index is -0.195. The van der Waals surface area contributed by atoms with E-state index in [0.29, 0.717) is 12.4 Å². The highest BCUT2D eigenvalue weighted by Crippen LogP contribution is 2.23. The lowest BCUT2D eigenvalue weighted by molar-refractivity contribution is -0.140. The normalized spacial score (nSPS) is 20.3. The second-order valence-corrected chi connectivity index (χ2v) is 5.80. The highest BCUT2D eigenvalue weighted by Gasteiger charge is 2.23. The van der Waals surface area contributed by atoms with Crippen LogP contribution in [0.4, 0.5) is 0 Å². The number of carbonyl (C=O) groups is 1. The molecular weight excluding hydrogens is 226 g/mol. The van der Waals surface area contributed by atoms with E-state index >= 15 is 0 Å². The molecule has 1 atom stereocenters. The lowest BCUT2D eigenvalue weighted by Crippen LogP contribution is -2.27. The van der Waals surface area contributed by atoms with Gasteiger partial charge in [0, 0.05) is 5.56 Å². The van der Waals surface area contributed by atoms with Crippen LogP contribution in [-0.4, -0.2) is 18.4 Å². The number of cyclic esters (lactones) is 1. The zero-order chi connectivity index (χ0) is 13.3. The Morgan fingerprint density at radius 2 is 1.83 bits per heavy atom. The zero-order valence-electron chi connectivity index (χ0n) is 11.4. The Hall–Kier alpha value is -1.64. The van der Waals surface area contributed by atoms with E-state index < -0.39 is 0 Å². The van der Waals surface area contributed by atoms with E-state index in [0.717, 1.165) is 5.56 Å². The van der Waals surface area contributed by atoms with Crippen LogP contribution in [0.3, 0.4) is 0 Å². The number of carbonyl (C=O) groups excluding carboxylic acids is 1. The molecule has 0 saturated heterocycles. The lowest BCUT2D eigenvalue weighted by atomic mass is 9.87. The first kappa shape index (κ1) is 12.8. The van der Waals surface area contributed by atoms with E-state index in [1.54, 1.807) is 0 Å². The summed E-state index contributed by atoms with van der Waals surface area (Å²) in [6.45, 7) is 8.84. The van der Waals surface area contributed by atoms with Crippen molar-refractivity contribution in [3.63, 3.8) is 0 Å². The van der Waals surface area contributed by atoms with E-state index in [2.05, 4.69) is 37.9 Å². The fourth-order valence-corrected chi connectivity index (χ4v) is 1.79. The third-order valence-electron chi connectivity index (χ3n) is 3.11. The molecule has 0 fully saturated rings. The molecule has 0 aliphatic carbocycles. The Morgan fingerprint density at radius 3 is 2.33 bits per heavy atom. The summed E-state index contributed by atoms with van der Waals surface area (Å²) in [4.78, 5) is 15.8. The maximum Gasteiger partial charge on any atom is 0.317 e. The van der Waals surface area contributed by atoms with Crippen LogP contribution in [0.1, 0.15) is 38.8 Å². The van der Waals surface area contributed by atoms with Crippen molar-refractivity contribution in [2.24, 2.45) is 10.9 Å². The fraction of sp³-hybridized carbons (Fsp3) is 0.467. The molecule has 0 radical (unpaired) electrons. The molecular formula is C15H19NO2. The van der Waals surface area contributed by atoms with E-state index in [1.807, 2.05) is 19.1 Å². The molecule has 0 spiro atoms. The van der Waals surface area contributed by atoms with Crippen LogP contribution in [-0.2, 0) is 14.9 Å². The van der Waals surface area contributed by atoms with Crippen molar-refractivity contribution in [1.29, 1.82) is 0 Å². The highest BCUT2D eigenvalue weighted by molar-refractivity contribution is 6.02. The van der Waals surface area contributed by atoms with Crippen LogP contribution in [0.25, 0.3) is 0 Å². The Labute approximate surface area is 108 Å². The number of esters is 1. The molecule has 3 heteroatoms. The van der Waals surface area contributed by atoms with Gasteiger partial charge >= 0.3 is 5.97 Å². The summed E-state index contributed by atoms with van der Waals surface area (Å²) in [6, 6.07) is 8.04. The zero-order valence-corrected chi connectivity index (χ0v) is 11.4. The van der Waals surface area contributed by atoms with E-state index in [1.165, 1.54) is 5.56 Å². The average molecular weight is 245 g/mol. The summed E-state index contributed by atoms with van der Waals surface area (Å²) >= 11 is 0. The minimum absolute atomic E-state index is 0.123. The van der Waals surface area contributed by atoms with Gasteiger partial charge in [-0.15, -0.1) is 0 Å². The molecule has 1 aromatic rings. The van der Waals surface area contributed by atoms with Crippen molar-refractivity contribution in [2.75, 3.05) is 6.54 Å². The SMILES string of the molecule is C[C@H]1CN=C(c2ccc(C(C)(C)C)cc2)OC1=O. The first-order chi connectivity index (χ1) is 8.38. The summed E-state index contributed by atoms with van der Waals surface area (Å²) in [7, 11) is 0. The Kier molecular flexibility index (Phi) is 3.24. The lowest BCUT2D eigenvalue weighted by Gasteiger charge is -2.20. The van der Waals surface area contributed by atoms with Gasteiger partial charge in [-0.05, 0) is 23.1 Å². The second-order valence-electron chi connectivity index (χ2n) is 5.80. The largest absolute Gasteiger partial charge is 0.407 e. The van der Waals surface area contributed by atoms with Gasteiger partial charge in [-0.3, -0.25) is 4.79 Å². The predicted molar refractivity (Wildman–Crippen MR) is 71.8 cm³/mol. The molecule has 0 unspecified atom stereocenters.